The molecule has 0 bridgehead atoms. The van der Waals surface area contributed by atoms with Gasteiger partial charge in [-0.05, 0) is 64.2 Å². The van der Waals surface area contributed by atoms with Crippen molar-refractivity contribution < 1.29 is 19.4 Å². The van der Waals surface area contributed by atoms with Crippen LogP contribution in [0.1, 0.15) is 51.9 Å². The summed E-state index contributed by atoms with van der Waals surface area (Å²) in [4.78, 5) is 21.2. The van der Waals surface area contributed by atoms with Crippen molar-refractivity contribution in [2.45, 2.75) is 45.1 Å². The number of ether oxygens (including phenoxy) is 2. The topological polar surface area (TPSA) is 98.5 Å². The number of imidazole rings is 1. The lowest BCUT2D eigenvalue weighted by Gasteiger charge is -2.41. The van der Waals surface area contributed by atoms with E-state index in [4.69, 9.17) is 9.47 Å². The number of fused-ring (bicyclic) bond motifs is 1. The first-order valence-corrected chi connectivity index (χ1v) is 15.8. The molecule has 8 nitrogen and oxygen atoms in total. The summed E-state index contributed by atoms with van der Waals surface area (Å²) in [7, 11) is 0. The molecule has 1 fully saturated rings. The number of para-hydroxylation sites is 2. The molecule has 2 aromatic heterocycles. The summed E-state index contributed by atoms with van der Waals surface area (Å²) in [5, 5.41) is 12.6. The number of amides is 1. The number of aromatic nitrogens is 3. The smallest absolute Gasteiger partial charge is 0.253 e. The van der Waals surface area contributed by atoms with E-state index in [0.29, 0.717) is 18.7 Å². The van der Waals surface area contributed by atoms with Crippen molar-refractivity contribution >= 4 is 16.9 Å². The van der Waals surface area contributed by atoms with E-state index in [0.717, 1.165) is 44.4 Å². The van der Waals surface area contributed by atoms with Crippen molar-refractivity contribution in [1.29, 1.82) is 0 Å². The van der Waals surface area contributed by atoms with Gasteiger partial charge < -0.3 is 24.5 Å². The quantitative estimate of drug-likeness (QED) is 0.180. The Bertz CT molecular complexity index is 1970. The summed E-state index contributed by atoms with van der Waals surface area (Å²) >= 11 is 0. The summed E-state index contributed by atoms with van der Waals surface area (Å²) < 4.78 is 15.7. The molecule has 47 heavy (non-hydrogen) atoms. The number of nitrogens with one attached hydrogen (secondary N) is 1. The number of aliphatic hydroxyl groups is 1. The lowest BCUT2D eigenvalue weighted by molar-refractivity contribution is -0.276. The fourth-order valence-electron chi connectivity index (χ4n) is 6.18. The molecule has 4 atom stereocenters. The van der Waals surface area contributed by atoms with E-state index < -0.39 is 6.29 Å². The molecule has 1 aliphatic heterocycles. The van der Waals surface area contributed by atoms with Crippen LogP contribution in [0.3, 0.4) is 0 Å². The second-order valence-corrected chi connectivity index (χ2v) is 12.0. The molecule has 0 saturated carbocycles. The summed E-state index contributed by atoms with van der Waals surface area (Å²) in [6, 6.07) is 36.0. The molecule has 6 aromatic rings. The molecular weight excluding hydrogens is 588 g/mol. The highest BCUT2D eigenvalue weighted by atomic mass is 16.7. The average Bonchev–Trinajstić information content (AvgIpc) is 3.54. The zero-order valence-corrected chi connectivity index (χ0v) is 26.1. The maximum absolute atomic E-state index is 12.6. The van der Waals surface area contributed by atoms with Gasteiger partial charge in [0.2, 0.25) is 0 Å². The molecule has 1 saturated heterocycles. The fourth-order valence-corrected chi connectivity index (χ4v) is 6.18. The minimum Gasteiger partial charge on any atom is -0.392 e. The van der Waals surface area contributed by atoms with Gasteiger partial charge in [0, 0.05) is 30.4 Å². The first-order valence-electron chi connectivity index (χ1n) is 15.8. The van der Waals surface area contributed by atoms with Crippen LogP contribution in [-0.4, -0.2) is 31.7 Å². The summed E-state index contributed by atoms with van der Waals surface area (Å²) in [5.74, 6) is -0.126. The number of aliphatic hydroxyl groups excluding tert-OH is 1. The molecule has 0 spiro atoms. The van der Waals surface area contributed by atoms with Gasteiger partial charge in [-0.15, -0.1) is 0 Å². The molecule has 4 unspecified atom stereocenters. The molecule has 4 aromatic carbocycles. The van der Waals surface area contributed by atoms with Gasteiger partial charge in [0.25, 0.3) is 5.91 Å². The van der Waals surface area contributed by atoms with E-state index in [1.165, 1.54) is 0 Å². The van der Waals surface area contributed by atoms with Gasteiger partial charge in [-0.2, -0.15) is 0 Å². The van der Waals surface area contributed by atoms with Gasteiger partial charge in [0.05, 0.1) is 48.3 Å². The summed E-state index contributed by atoms with van der Waals surface area (Å²) in [6.07, 6.45) is 4.10. The first kappa shape index (κ1) is 30.5. The van der Waals surface area contributed by atoms with E-state index in [2.05, 4.69) is 57.1 Å². The van der Waals surface area contributed by atoms with Crippen LogP contribution >= 0.6 is 0 Å². The minimum absolute atomic E-state index is 0.00566. The molecular formula is C39H36N4O4. The largest absolute Gasteiger partial charge is 0.392 e. The predicted molar refractivity (Wildman–Crippen MR) is 180 cm³/mol. The number of nitrogens with zero attached hydrogens (tertiary/aromatic N) is 3. The summed E-state index contributed by atoms with van der Waals surface area (Å²) in [6.45, 7) is 3.18. The van der Waals surface area contributed by atoms with Crippen molar-refractivity contribution in [3.8, 4) is 11.1 Å². The number of pyridine rings is 1. The van der Waals surface area contributed by atoms with E-state index >= 15 is 0 Å². The van der Waals surface area contributed by atoms with E-state index in [-0.39, 0.29) is 30.6 Å². The lowest BCUT2D eigenvalue weighted by atomic mass is 9.90. The number of carbonyl (C=O) groups is 1. The third kappa shape index (κ3) is 6.71. The van der Waals surface area contributed by atoms with Gasteiger partial charge >= 0.3 is 0 Å². The second kappa shape index (κ2) is 13.7. The minimum atomic E-state index is -0.601. The Balaban J connectivity index is 1.15. The van der Waals surface area contributed by atoms with Crippen molar-refractivity contribution in [2.75, 3.05) is 0 Å². The molecule has 1 aliphatic rings. The van der Waals surface area contributed by atoms with Crippen LogP contribution in [0.25, 0.3) is 22.2 Å². The van der Waals surface area contributed by atoms with Crippen LogP contribution < -0.4 is 5.32 Å². The average molecular weight is 625 g/mol. The number of hydrogen-bond donors (Lipinski definition) is 2. The SMILES string of the molecule is CC1C(Cn2cnc3ccccc32)OC(c2cccc(-c3cccc(CNC(=O)c4cccnc4)c3)c2)OC1c1ccc(CO)cc1. The molecule has 3 heterocycles. The molecule has 8 heteroatoms. The van der Waals surface area contributed by atoms with Crippen LogP contribution in [0.2, 0.25) is 0 Å². The van der Waals surface area contributed by atoms with Crippen LogP contribution in [0.15, 0.2) is 128 Å². The van der Waals surface area contributed by atoms with Crippen molar-refractivity contribution in [2.24, 2.45) is 5.92 Å². The highest BCUT2D eigenvalue weighted by Crippen LogP contribution is 2.43. The number of carbonyl (C=O) groups excluding carboxylic acids is 1. The molecule has 2 N–H and O–H groups in total. The number of benzene rings is 4. The van der Waals surface area contributed by atoms with E-state index in [1.54, 1.807) is 24.5 Å². The highest BCUT2D eigenvalue weighted by Gasteiger charge is 2.38. The van der Waals surface area contributed by atoms with Crippen molar-refractivity contribution in [1.82, 2.24) is 19.9 Å². The predicted octanol–water partition coefficient (Wildman–Crippen LogP) is 7.01. The van der Waals surface area contributed by atoms with E-state index in [1.807, 2.05) is 73.1 Å². The lowest BCUT2D eigenvalue weighted by Crippen LogP contribution is -2.39. The van der Waals surface area contributed by atoms with Crippen LogP contribution in [-0.2, 0) is 29.2 Å². The summed E-state index contributed by atoms with van der Waals surface area (Å²) in [5.41, 5.74) is 8.40. The molecule has 236 valence electrons. The Morgan fingerprint density at radius 1 is 0.851 bits per heavy atom. The monoisotopic (exact) mass is 624 g/mol. The number of hydrogen-bond acceptors (Lipinski definition) is 6. The second-order valence-electron chi connectivity index (χ2n) is 12.0. The van der Waals surface area contributed by atoms with Crippen LogP contribution in [0.5, 0.6) is 0 Å². The standard InChI is InChI=1S/C39H36N4O4/c1-26-36(23-43-25-42-34-12-2-3-13-35(34)43)46-39(47-37(26)29-16-14-27(24-44)15-17-29)32-10-5-9-31(20-32)30-8-4-7-28(19-30)21-41-38(45)33-11-6-18-40-22-33/h2-20,22,25-26,36-37,39,44H,21,23-24H2,1H3,(H,41,45). The van der Waals surface area contributed by atoms with Crippen molar-refractivity contribution in [3.05, 3.63) is 156 Å². The van der Waals surface area contributed by atoms with Gasteiger partial charge in [0.1, 0.15) is 0 Å². The van der Waals surface area contributed by atoms with Crippen molar-refractivity contribution in [3.63, 3.8) is 0 Å². The zero-order chi connectivity index (χ0) is 32.2. The Labute approximate surface area is 273 Å². The van der Waals surface area contributed by atoms with Crippen LogP contribution in [0, 0.1) is 5.92 Å². The molecule has 1 amide bonds. The third-order valence-electron chi connectivity index (χ3n) is 8.82. The molecule has 0 aliphatic carbocycles. The Kier molecular flexibility index (Phi) is 8.88. The first-order chi connectivity index (χ1) is 23.1. The Hall–Kier alpha value is -5.15. The van der Waals surface area contributed by atoms with Gasteiger partial charge in [-0.3, -0.25) is 9.78 Å². The maximum Gasteiger partial charge on any atom is 0.253 e. The third-order valence-corrected chi connectivity index (χ3v) is 8.82. The Morgan fingerprint density at radius 3 is 2.47 bits per heavy atom. The van der Waals surface area contributed by atoms with Gasteiger partial charge in [-0.25, -0.2) is 4.98 Å². The molecule has 7 rings (SSSR count). The zero-order valence-electron chi connectivity index (χ0n) is 26.1. The molecule has 0 radical (unpaired) electrons. The number of rotatable bonds is 9. The van der Waals surface area contributed by atoms with E-state index in [9.17, 15) is 9.90 Å². The van der Waals surface area contributed by atoms with Gasteiger partial charge in [-0.1, -0.05) is 79.7 Å². The normalized spacial score (nSPS) is 19.4. The maximum atomic E-state index is 12.6. The fraction of sp³-hybridized carbons (Fsp3) is 0.205. The van der Waals surface area contributed by atoms with Gasteiger partial charge in [0.15, 0.2) is 6.29 Å². The highest BCUT2D eigenvalue weighted by molar-refractivity contribution is 5.93. The Morgan fingerprint density at radius 2 is 1.66 bits per heavy atom. The van der Waals surface area contributed by atoms with Crippen LogP contribution in [0.4, 0.5) is 0 Å².